The van der Waals surface area contributed by atoms with Gasteiger partial charge in [0.15, 0.2) is 0 Å². The highest BCUT2D eigenvalue weighted by Crippen LogP contribution is 2.16. The monoisotopic (exact) mass is 642 g/mol. The molecule has 0 aromatic carbocycles. The number of unbranched alkanes of at least 4 members (excludes halogenated alkanes) is 22. The minimum Gasteiger partial charge on any atom is -0.431 e. The van der Waals surface area contributed by atoms with E-state index in [1.54, 1.807) is 0 Å². The van der Waals surface area contributed by atoms with Gasteiger partial charge < -0.3 is 9.64 Å². The largest absolute Gasteiger partial charge is 0.431 e. The van der Waals surface area contributed by atoms with Crippen LogP contribution in [0.25, 0.3) is 0 Å². The molecule has 0 aromatic heterocycles. The summed E-state index contributed by atoms with van der Waals surface area (Å²) >= 11 is 0. The zero-order chi connectivity index (χ0) is 33.6. The number of ether oxygens (including phenoxy) is 1. The molecule has 268 valence electrons. The number of carbonyl (C=O) groups is 1. The van der Waals surface area contributed by atoms with Gasteiger partial charge in [-0.3, -0.25) is 4.79 Å². The van der Waals surface area contributed by atoms with E-state index in [1.807, 2.05) is 14.1 Å². The molecule has 0 aromatic rings. The number of esters is 1. The third-order valence-corrected chi connectivity index (χ3v) is 8.72. The molecule has 0 bridgehead atoms. The van der Waals surface area contributed by atoms with Crippen molar-refractivity contribution in [3.63, 3.8) is 0 Å². The topological polar surface area (TPSA) is 29.5 Å². The second-order valence-electron chi connectivity index (χ2n) is 13.8. The van der Waals surface area contributed by atoms with Crippen LogP contribution < -0.4 is 0 Å². The smallest absolute Gasteiger partial charge is 0.310 e. The van der Waals surface area contributed by atoms with Crippen LogP contribution in [0.15, 0.2) is 48.3 Å². The molecule has 0 fully saturated rings. The zero-order valence-corrected chi connectivity index (χ0v) is 31.5. The van der Waals surface area contributed by atoms with E-state index in [9.17, 15) is 4.79 Å². The Hall–Kier alpha value is -1.61. The van der Waals surface area contributed by atoms with Gasteiger partial charge in [-0.2, -0.15) is 0 Å². The highest BCUT2D eigenvalue weighted by atomic mass is 16.5. The Kier molecular flexibility index (Phi) is 36.5. The summed E-state index contributed by atoms with van der Waals surface area (Å²) in [6.07, 6.45) is 52.3. The highest BCUT2D eigenvalue weighted by Gasteiger charge is 2.07. The Labute approximate surface area is 288 Å². The second kappa shape index (κ2) is 37.8. The van der Waals surface area contributed by atoms with Gasteiger partial charge in [-0.1, -0.05) is 159 Å². The number of carbonyl (C=O) groups excluding carboxylic acids is 1. The summed E-state index contributed by atoms with van der Waals surface area (Å²) < 4.78 is 5.77. The van der Waals surface area contributed by atoms with Crippen LogP contribution in [-0.4, -0.2) is 31.5 Å². The Morgan fingerprint density at radius 2 is 0.913 bits per heavy atom. The first-order chi connectivity index (χ1) is 22.6. The van der Waals surface area contributed by atoms with E-state index < -0.39 is 0 Å². The SMILES string of the molecule is CCCCCC=CCC=CCCCCCCCCCCCCCCCCCC=C(CC=CCCCCC)OC(=O)CCCN(C)C. The first-order valence-electron chi connectivity index (χ1n) is 20.1. The molecule has 0 heterocycles. The molecule has 0 aliphatic carbocycles. The molecule has 0 aliphatic rings. The van der Waals surface area contributed by atoms with Crippen LogP contribution >= 0.6 is 0 Å². The molecule has 0 spiro atoms. The second-order valence-corrected chi connectivity index (χ2v) is 13.8. The van der Waals surface area contributed by atoms with E-state index >= 15 is 0 Å². The van der Waals surface area contributed by atoms with Crippen molar-refractivity contribution in [2.45, 2.75) is 200 Å². The molecule has 0 rings (SSSR count). The molecule has 0 saturated carbocycles. The van der Waals surface area contributed by atoms with Gasteiger partial charge in [-0.25, -0.2) is 0 Å². The van der Waals surface area contributed by atoms with Gasteiger partial charge in [-0.05, 0) is 90.9 Å². The summed E-state index contributed by atoms with van der Waals surface area (Å²) in [7, 11) is 4.08. The molecule has 0 unspecified atom stereocenters. The first-order valence-corrected chi connectivity index (χ1v) is 20.1. The minimum absolute atomic E-state index is 0.0847. The quantitative estimate of drug-likeness (QED) is 0.0298. The molecule has 46 heavy (non-hydrogen) atoms. The fourth-order valence-electron chi connectivity index (χ4n) is 5.72. The highest BCUT2D eigenvalue weighted by molar-refractivity contribution is 5.70. The Morgan fingerprint density at radius 1 is 0.500 bits per heavy atom. The van der Waals surface area contributed by atoms with Gasteiger partial charge in [0.25, 0.3) is 0 Å². The standard InChI is InChI=1S/C43H79NO2/c1-5-7-9-11-13-14-15-16-17-18-19-20-21-22-23-24-25-26-27-28-29-30-31-32-34-36-39-42(38-35-33-12-10-8-6-2)46-43(45)40-37-41-44(3)4/h13-14,16-17,33,35,39H,5-12,15,18-32,34,36-38,40-41H2,1-4H3. The lowest BCUT2D eigenvalue weighted by Crippen LogP contribution is -2.15. The lowest BCUT2D eigenvalue weighted by atomic mass is 10.0. The Bertz CT molecular complexity index is 748. The van der Waals surface area contributed by atoms with Crippen molar-refractivity contribution in [2.75, 3.05) is 20.6 Å². The number of nitrogens with zero attached hydrogens (tertiary/aromatic N) is 1. The third kappa shape index (κ3) is 36.9. The van der Waals surface area contributed by atoms with Gasteiger partial charge in [0.1, 0.15) is 5.76 Å². The molecule has 3 nitrogen and oxygen atoms in total. The maximum absolute atomic E-state index is 12.3. The van der Waals surface area contributed by atoms with E-state index in [-0.39, 0.29) is 5.97 Å². The fraction of sp³-hybridized carbons (Fsp3) is 0.791. The van der Waals surface area contributed by atoms with E-state index in [4.69, 9.17) is 4.74 Å². The number of rotatable bonds is 35. The van der Waals surface area contributed by atoms with Crippen LogP contribution in [0.1, 0.15) is 200 Å². The van der Waals surface area contributed by atoms with Crippen LogP contribution in [0.5, 0.6) is 0 Å². The maximum atomic E-state index is 12.3. The van der Waals surface area contributed by atoms with Crippen LogP contribution in [0.4, 0.5) is 0 Å². The van der Waals surface area contributed by atoms with Gasteiger partial charge in [-0.15, -0.1) is 0 Å². The molecule has 0 N–H and O–H groups in total. The average Bonchev–Trinajstić information content (AvgIpc) is 3.04. The van der Waals surface area contributed by atoms with Gasteiger partial charge in [0, 0.05) is 12.8 Å². The number of hydrogen-bond acceptors (Lipinski definition) is 3. The minimum atomic E-state index is -0.0847. The molecule has 0 amide bonds. The molecular weight excluding hydrogens is 562 g/mol. The van der Waals surface area contributed by atoms with Gasteiger partial charge in [0.05, 0.1) is 0 Å². The summed E-state index contributed by atoms with van der Waals surface area (Å²) in [4.78, 5) is 14.5. The summed E-state index contributed by atoms with van der Waals surface area (Å²) in [6.45, 7) is 5.42. The van der Waals surface area contributed by atoms with Gasteiger partial charge in [0.2, 0.25) is 0 Å². The van der Waals surface area contributed by atoms with Crippen molar-refractivity contribution in [1.82, 2.24) is 4.90 Å². The summed E-state index contributed by atoms with van der Waals surface area (Å²) in [5.74, 6) is 0.764. The van der Waals surface area contributed by atoms with E-state index in [1.165, 1.54) is 148 Å². The molecule has 3 heteroatoms. The van der Waals surface area contributed by atoms with Gasteiger partial charge >= 0.3 is 5.97 Å². The summed E-state index contributed by atoms with van der Waals surface area (Å²) in [5, 5.41) is 0. The van der Waals surface area contributed by atoms with Crippen LogP contribution in [-0.2, 0) is 9.53 Å². The maximum Gasteiger partial charge on any atom is 0.310 e. The molecule has 0 atom stereocenters. The normalized spacial score (nSPS) is 12.5. The zero-order valence-electron chi connectivity index (χ0n) is 31.5. The molecule has 0 aliphatic heterocycles. The molecule has 0 radical (unpaired) electrons. The van der Waals surface area contributed by atoms with E-state index in [2.05, 4.69) is 61.3 Å². The van der Waals surface area contributed by atoms with Crippen molar-refractivity contribution in [3.05, 3.63) is 48.3 Å². The van der Waals surface area contributed by atoms with Crippen molar-refractivity contribution in [2.24, 2.45) is 0 Å². The van der Waals surface area contributed by atoms with E-state index in [0.717, 1.165) is 44.4 Å². The van der Waals surface area contributed by atoms with Crippen molar-refractivity contribution in [3.8, 4) is 0 Å². The predicted molar refractivity (Wildman–Crippen MR) is 205 cm³/mol. The lowest BCUT2D eigenvalue weighted by Gasteiger charge is -2.10. The summed E-state index contributed by atoms with van der Waals surface area (Å²) in [5.41, 5.74) is 0. The molecular formula is C43H79NO2. The predicted octanol–water partition coefficient (Wildman–Crippen LogP) is 14.0. The number of hydrogen-bond donors (Lipinski definition) is 0. The first kappa shape index (κ1) is 44.4. The van der Waals surface area contributed by atoms with Crippen molar-refractivity contribution in [1.29, 1.82) is 0 Å². The Balaban J connectivity index is 3.72. The fourth-order valence-corrected chi connectivity index (χ4v) is 5.72. The molecule has 0 saturated heterocycles. The van der Waals surface area contributed by atoms with Crippen LogP contribution in [0, 0.1) is 0 Å². The van der Waals surface area contributed by atoms with Crippen molar-refractivity contribution < 1.29 is 9.53 Å². The van der Waals surface area contributed by atoms with Crippen molar-refractivity contribution >= 4 is 5.97 Å². The number of allylic oxidation sites excluding steroid dienone is 7. The average molecular weight is 642 g/mol. The Morgan fingerprint density at radius 3 is 1.37 bits per heavy atom. The third-order valence-electron chi connectivity index (χ3n) is 8.72. The van der Waals surface area contributed by atoms with E-state index in [0.29, 0.717) is 6.42 Å². The summed E-state index contributed by atoms with van der Waals surface area (Å²) in [6, 6.07) is 0. The lowest BCUT2D eigenvalue weighted by molar-refractivity contribution is -0.139. The van der Waals surface area contributed by atoms with Crippen LogP contribution in [0.2, 0.25) is 0 Å². The van der Waals surface area contributed by atoms with Crippen LogP contribution in [0.3, 0.4) is 0 Å².